The lowest BCUT2D eigenvalue weighted by molar-refractivity contribution is 0.111. The maximum atomic E-state index is 11.5. The number of aldehydes is 2. The maximum Gasteiger partial charge on any atom is 0.152 e. The summed E-state index contributed by atoms with van der Waals surface area (Å²) in [4.78, 5) is 34.2. The third-order valence-electron chi connectivity index (χ3n) is 3.64. The Morgan fingerprint density at radius 3 is 2.22 bits per heavy atom. The minimum Gasteiger partial charge on any atom is -0.298 e. The van der Waals surface area contributed by atoms with E-state index in [4.69, 9.17) is 0 Å². The van der Waals surface area contributed by atoms with Gasteiger partial charge < -0.3 is 0 Å². The number of anilines is 2. The Labute approximate surface area is 132 Å². The van der Waals surface area contributed by atoms with Crippen molar-refractivity contribution in [3.8, 4) is 0 Å². The van der Waals surface area contributed by atoms with Crippen LogP contribution in [0.1, 0.15) is 20.7 Å². The number of benzene rings is 3. The molecule has 0 amide bonds. The summed E-state index contributed by atoms with van der Waals surface area (Å²) >= 11 is 0. The number of hydrogen-bond donors (Lipinski definition) is 0. The van der Waals surface area contributed by atoms with E-state index in [9.17, 15) is 14.5 Å². The van der Waals surface area contributed by atoms with Gasteiger partial charge in [0.15, 0.2) is 12.6 Å². The van der Waals surface area contributed by atoms with Crippen molar-refractivity contribution in [1.82, 2.24) is 0 Å². The van der Waals surface area contributed by atoms with E-state index in [1.165, 1.54) is 0 Å². The molecular weight excluding hydrogens is 292 g/mol. The molecule has 3 rings (SSSR count). The minimum atomic E-state index is 0.317. The SMILES string of the molecule is O=Cc1ccccc1N(N=O)c1c(C=O)ccc2ccccc12. The number of rotatable bonds is 5. The summed E-state index contributed by atoms with van der Waals surface area (Å²) in [6.07, 6.45) is 1.32. The highest BCUT2D eigenvalue weighted by Gasteiger charge is 2.19. The molecule has 0 aromatic heterocycles. The summed E-state index contributed by atoms with van der Waals surface area (Å²) in [6, 6.07) is 17.4. The molecule has 5 heteroatoms. The molecule has 0 aliphatic carbocycles. The van der Waals surface area contributed by atoms with Gasteiger partial charge in [-0.1, -0.05) is 42.5 Å². The van der Waals surface area contributed by atoms with Crippen molar-refractivity contribution >= 4 is 34.7 Å². The van der Waals surface area contributed by atoms with Crippen molar-refractivity contribution in [3.63, 3.8) is 0 Å². The van der Waals surface area contributed by atoms with Gasteiger partial charge in [0.1, 0.15) is 0 Å². The Hall–Kier alpha value is -3.34. The van der Waals surface area contributed by atoms with Crippen LogP contribution in [0.3, 0.4) is 0 Å². The molecule has 0 N–H and O–H groups in total. The molecule has 0 heterocycles. The van der Waals surface area contributed by atoms with Gasteiger partial charge in [-0.3, -0.25) is 9.59 Å². The molecule has 0 bridgehead atoms. The molecule has 23 heavy (non-hydrogen) atoms. The largest absolute Gasteiger partial charge is 0.298 e. The summed E-state index contributed by atoms with van der Waals surface area (Å²) in [5, 5.41) is 5.73. The Morgan fingerprint density at radius 2 is 1.48 bits per heavy atom. The standard InChI is InChI=1S/C18H12N2O3/c21-11-14-6-2-4-8-17(14)20(19-23)18-15(12-22)10-9-13-5-1-3-7-16(13)18/h1-12H. The smallest absolute Gasteiger partial charge is 0.152 e. The van der Waals surface area contributed by atoms with Crippen LogP contribution in [0.25, 0.3) is 10.8 Å². The number of carbonyl (C=O) groups is 2. The van der Waals surface area contributed by atoms with E-state index >= 15 is 0 Å². The summed E-state index contributed by atoms with van der Waals surface area (Å²) in [5.41, 5.74) is 1.33. The third-order valence-corrected chi connectivity index (χ3v) is 3.64. The van der Waals surface area contributed by atoms with Gasteiger partial charge in [0, 0.05) is 16.5 Å². The van der Waals surface area contributed by atoms with E-state index in [-0.39, 0.29) is 0 Å². The van der Waals surface area contributed by atoms with Crippen LogP contribution in [-0.4, -0.2) is 12.6 Å². The Kier molecular flexibility index (Phi) is 3.93. The van der Waals surface area contributed by atoms with Crippen LogP contribution < -0.4 is 5.01 Å². The first-order chi connectivity index (χ1) is 11.3. The van der Waals surface area contributed by atoms with E-state index in [1.807, 2.05) is 18.2 Å². The molecule has 0 aliphatic rings. The van der Waals surface area contributed by atoms with Crippen LogP contribution in [0.4, 0.5) is 11.4 Å². The quantitative estimate of drug-likeness (QED) is 0.401. The fourth-order valence-electron chi connectivity index (χ4n) is 2.59. The van der Waals surface area contributed by atoms with Gasteiger partial charge in [-0.15, -0.1) is 4.91 Å². The first-order valence-corrected chi connectivity index (χ1v) is 6.94. The van der Waals surface area contributed by atoms with Crippen molar-refractivity contribution in [2.24, 2.45) is 5.29 Å². The molecule has 0 saturated heterocycles. The van der Waals surface area contributed by atoms with E-state index in [0.717, 1.165) is 10.4 Å². The van der Waals surface area contributed by atoms with Gasteiger partial charge in [-0.25, -0.2) is 0 Å². The Balaban J connectivity index is 2.34. The predicted octanol–water partition coefficient (Wildman–Crippen LogP) is 4.28. The van der Waals surface area contributed by atoms with Crippen LogP contribution in [0.5, 0.6) is 0 Å². The van der Waals surface area contributed by atoms with Gasteiger partial charge in [-0.05, 0) is 23.6 Å². The van der Waals surface area contributed by atoms with Gasteiger partial charge in [0.05, 0.1) is 16.7 Å². The summed E-state index contributed by atoms with van der Waals surface area (Å²) in [5.74, 6) is 0. The van der Waals surface area contributed by atoms with Gasteiger partial charge in [0.2, 0.25) is 0 Å². The maximum absolute atomic E-state index is 11.5. The molecule has 3 aromatic rings. The summed E-state index contributed by atoms with van der Waals surface area (Å²) < 4.78 is 0. The second kappa shape index (κ2) is 6.19. The molecule has 0 fully saturated rings. The van der Waals surface area contributed by atoms with E-state index in [1.54, 1.807) is 42.5 Å². The lowest BCUT2D eigenvalue weighted by Gasteiger charge is -2.20. The highest BCUT2D eigenvalue weighted by atomic mass is 16.3. The molecule has 0 saturated carbocycles. The number of nitroso groups, excluding NO2 is 1. The lowest BCUT2D eigenvalue weighted by Crippen LogP contribution is -2.12. The average Bonchev–Trinajstić information content (AvgIpc) is 2.62. The number of hydrogen-bond acceptors (Lipinski definition) is 4. The monoisotopic (exact) mass is 304 g/mol. The van der Waals surface area contributed by atoms with Gasteiger partial charge in [-0.2, -0.15) is 5.01 Å². The normalized spacial score (nSPS) is 10.3. The first-order valence-electron chi connectivity index (χ1n) is 6.94. The molecule has 112 valence electrons. The van der Waals surface area contributed by atoms with Gasteiger partial charge in [0.25, 0.3) is 0 Å². The van der Waals surface area contributed by atoms with Crippen molar-refractivity contribution in [2.75, 3.05) is 5.01 Å². The van der Waals surface area contributed by atoms with E-state index < -0.39 is 0 Å². The molecule has 0 atom stereocenters. The number of carbonyl (C=O) groups excluding carboxylic acids is 2. The van der Waals surface area contributed by atoms with Crippen molar-refractivity contribution < 1.29 is 9.59 Å². The summed E-state index contributed by atoms with van der Waals surface area (Å²) in [7, 11) is 0. The number of nitrogens with zero attached hydrogens (tertiary/aromatic N) is 2. The topological polar surface area (TPSA) is 66.8 Å². The molecule has 3 aromatic carbocycles. The molecule has 0 aliphatic heterocycles. The van der Waals surface area contributed by atoms with Crippen molar-refractivity contribution in [3.05, 3.63) is 76.7 Å². The minimum absolute atomic E-state index is 0.317. The molecule has 0 unspecified atom stereocenters. The third kappa shape index (κ3) is 2.48. The molecule has 5 nitrogen and oxygen atoms in total. The number of para-hydroxylation sites is 1. The Bertz CT molecular complexity index is 906. The van der Waals surface area contributed by atoms with Crippen LogP contribution in [0.2, 0.25) is 0 Å². The highest BCUT2D eigenvalue weighted by molar-refractivity contribution is 6.04. The zero-order valence-electron chi connectivity index (χ0n) is 12.0. The second-order valence-corrected chi connectivity index (χ2v) is 4.91. The first kappa shape index (κ1) is 14.6. The van der Waals surface area contributed by atoms with Crippen molar-refractivity contribution in [1.29, 1.82) is 0 Å². The lowest BCUT2D eigenvalue weighted by atomic mass is 10.0. The molecule has 0 radical (unpaired) electrons. The van der Waals surface area contributed by atoms with Crippen LogP contribution in [0.15, 0.2) is 65.9 Å². The van der Waals surface area contributed by atoms with Crippen LogP contribution >= 0.6 is 0 Å². The zero-order valence-corrected chi connectivity index (χ0v) is 12.0. The second-order valence-electron chi connectivity index (χ2n) is 4.91. The van der Waals surface area contributed by atoms with E-state index in [0.29, 0.717) is 40.5 Å². The average molecular weight is 304 g/mol. The zero-order chi connectivity index (χ0) is 16.2. The van der Waals surface area contributed by atoms with E-state index in [2.05, 4.69) is 5.29 Å². The van der Waals surface area contributed by atoms with Crippen molar-refractivity contribution in [2.45, 2.75) is 0 Å². The highest BCUT2D eigenvalue weighted by Crippen LogP contribution is 2.36. The Morgan fingerprint density at radius 1 is 0.783 bits per heavy atom. The fourth-order valence-corrected chi connectivity index (χ4v) is 2.59. The molecular formula is C18H12N2O3. The number of fused-ring (bicyclic) bond motifs is 1. The van der Waals surface area contributed by atoms with Crippen LogP contribution in [0, 0.1) is 4.91 Å². The summed E-state index contributed by atoms with van der Waals surface area (Å²) in [6.45, 7) is 0. The molecule has 0 spiro atoms. The predicted molar refractivity (Wildman–Crippen MR) is 89.1 cm³/mol. The fraction of sp³-hybridized carbons (Fsp3) is 0. The van der Waals surface area contributed by atoms with Crippen LogP contribution in [-0.2, 0) is 0 Å². The van der Waals surface area contributed by atoms with Gasteiger partial charge >= 0.3 is 0 Å².